The van der Waals surface area contributed by atoms with Crippen molar-refractivity contribution >= 4 is 35.3 Å². The summed E-state index contributed by atoms with van der Waals surface area (Å²) in [4.78, 5) is 0. The van der Waals surface area contributed by atoms with Crippen LogP contribution in [0, 0.1) is 0 Å². The number of thioether (sulfide) groups is 3. The van der Waals surface area contributed by atoms with Gasteiger partial charge in [0.1, 0.15) is 0 Å². The predicted octanol–water partition coefficient (Wildman–Crippen LogP) is 2.54. The fourth-order valence-corrected chi connectivity index (χ4v) is 5.26. The average molecular weight is 180 g/mol. The lowest BCUT2D eigenvalue weighted by Crippen LogP contribution is -1.95. The second-order valence-corrected chi connectivity index (χ2v) is 6.26. The van der Waals surface area contributed by atoms with Crippen LogP contribution in [0.15, 0.2) is 0 Å². The van der Waals surface area contributed by atoms with E-state index >= 15 is 0 Å². The Balaban J connectivity index is 2.14. The molecule has 0 aliphatic carbocycles. The molecular formula is C6H12S3. The highest BCUT2D eigenvalue weighted by Crippen LogP contribution is 2.38. The number of hydrogen-bond acceptors (Lipinski definition) is 3. The second-order valence-electron chi connectivity index (χ2n) is 2.16. The van der Waals surface area contributed by atoms with Crippen LogP contribution in [-0.2, 0) is 0 Å². The van der Waals surface area contributed by atoms with Gasteiger partial charge in [-0.15, -0.1) is 23.5 Å². The summed E-state index contributed by atoms with van der Waals surface area (Å²) in [5, 5.41) is 0.896. The number of rotatable bonds is 2. The van der Waals surface area contributed by atoms with E-state index in [1.165, 1.54) is 11.5 Å². The van der Waals surface area contributed by atoms with E-state index in [0.717, 1.165) is 9.83 Å². The van der Waals surface area contributed by atoms with E-state index < -0.39 is 0 Å². The first-order valence-corrected chi connectivity index (χ1v) is 6.47. The van der Waals surface area contributed by atoms with E-state index in [1.54, 1.807) is 0 Å². The molecule has 1 fully saturated rings. The van der Waals surface area contributed by atoms with Crippen LogP contribution in [0.2, 0.25) is 0 Å². The largest absolute Gasteiger partial charge is 0.163 e. The standard InChI is InChI=1S/C6H12S3/c1-5-3-8-6(9-5)4-7-2/h5-6H,3-4H2,1-2H3. The normalized spacial score (nSPS) is 35.3. The third-order valence-corrected chi connectivity index (χ3v) is 5.58. The van der Waals surface area contributed by atoms with Crippen LogP contribution in [0.5, 0.6) is 0 Å². The molecule has 1 saturated heterocycles. The smallest absolute Gasteiger partial charge is 0.0596 e. The molecular weight excluding hydrogens is 168 g/mol. The Morgan fingerprint density at radius 2 is 2.44 bits per heavy atom. The zero-order valence-corrected chi connectivity index (χ0v) is 8.24. The molecule has 2 atom stereocenters. The van der Waals surface area contributed by atoms with Crippen molar-refractivity contribution in [1.82, 2.24) is 0 Å². The monoisotopic (exact) mass is 180 g/mol. The van der Waals surface area contributed by atoms with Crippen molar-refractivity contribution in [2.75, 3.05) is 17.8 Å². The van der Waals surface area contributed by atoms with Gasteiger partial charge in [-0.1, -0.05) is 6.92 Å². The van der Waals surface area contributed by atoms with E-state index in [0.29, 0.717) is 0 Å². The highest BCUT2D eigenvalue weighted by molar-refractivity contribution is 8.21. The van der Waals surface area contributed by atoms with E-state index in [2.05, 4.69) is 36.7 Å². The second kappa shape index (κ2) is 4.04. The molecule has 0 radical (unpaired) electrons. The molecule has 0 amide bonds. The van der Waals surface area contributed by atoms with E-state index in [4.69, 9.17) is 0 Å². The Bertz CT molecular complexity index is 82.4. The van der Waals surface area contributed by atoms with E-state index in [-0.39, 0.29) is 0 Å². The van der Waals surface area contributed by atoms with Crippen molar-refractivity contribution in [3.63, 3.8) is 0 Å². The first kappa shape index (κ1) is 8.15. The molecule has 0 nitrogen and oxygen atoms in total. The molecule has 0 N–H and O–H groups in total. The number of hydrogen-bond donors (Lipinski definition) is 0. The fraction of sp³-hybridized carbons (Fsp3) is 1.00. The zero-order valence-electron chi connectivity index (χ0n) is 5.79. The summed E-state index contributed by atoms with van der Waals surface area (Å²) in [6, 6.07) is 0. The SMILES string of the molecule is CSCC1SCC(C)S1. The first-order chi connectivity index (χ1) is 4.33. The summed E-state index contributed by atoms with van der Waals surface area (Å²) in [5.74, 6) is 2.68. The summed E-state index contributed by atoms with van der Waals surface area (Å²) in [5.41, 5.74) is 0. The predicted molar refractivity (Wildman–Crippen MR) is 51.7 cm³/mol. The molecule has 0 aromatic carbocycles. The van der Waals surface area contributed by atoms with Crippen LogP contribution in [0.3, 0.4) is 0 Å². The molecule has 1 rings (SSSR count). The van der Waals surface area contributed by atoms with Gasteiger partial charge in [-0.3, -0.25) is 0 Å². The average Bonchev–Trinajstić information content (AvgIpc) is 2.17. The van der Waals surface area contributed by atoms with Gasteiger partial charge in [0.05, 0.1) is 4.58 Å². The first-order valence-electron chi connectivity index (χ1n) is 3.09. The summed E-state index contributed by atoms with van der Waals surface area (Å²) in [6.45, 7) is 2.32. The summed E-state index contributed by atoms with van der Waals surface area (Å²) in [7, 11) is 0. The molecule has 3 heteroatoms. The third-order valence-electron chi connectivity index (χ3n) is 1.20. The zero-order chi connectivity index (χ0) is 6.69. The summed E-state index contributed by atoms with van der Waals surface area (Å²) in [6.07, 6.45) is 2.18. The Morgan fingerprint density at radius 3 is 2.89 bits per heavy atom. The maximum Gasteiger partial charge on any atom is 0.0596 e. The fourth-order valence-electron chi connectivity index (χ4n) is 0.804. The lowest BCUT2D eigenvalue weighted by atomic mass is 10.6. The van der Waals surface area contributed by atoms with Crippen molar-refractivity contribution in [1.29, 1.82) is 0 Å². The minimum absolute atomic E-state index is 0.884. The quantitative estimate of drug-likeness (QED) is 0.641. The lowest BCUT2D eigenvalue weighted by molar-refractivity contribution is 1.15. The van der Waals surface area contributed by atoms with Crippen LogP contribution in [-0.4, -0.2) is 27.6 Å². The van der Waals surface area contributed by atoms with Crippen molar-refractivity contribution in [2.45, 2.75) is 16.8 Å². The molecule has 1 aliphatic heterocycles. The van der Waals surface area contributed by atoms with Gasteiger partial charge in [0.2, 0.25) is 0 Å². The van der Waals surface area contributed by atoms with E-state index in [9.17, 15) is 0 Å². The molecule has 2 unspecified atom stereocenters. The molecule has 1 aliphatic rings. The third kappa shape index (κ3) is 2.64. The van der Waals surface area contributed by atoms with Crippen LogP contribution >= 0.6 is 35.3 Å². The molecule has 0 aromatic heterocycles. The van der Waals surface area contributed by atoms with E-state index in [1.807, 2.05) is 11.8 Å². The Morgan fingerprint density at radius 1 is 1.67 bits per heavy atom. The molecule has 0 bridgehead atoms. The van der Waals surface area contributed by atoms with Gasteiger partial charge in [0, 0.05) is 16.8 Å². The highest BCUT2D eigenvalue weighted by Gasteiger charge is 2.21. The molecule has 0 saturated carbocycles. The summed E-state index contributed by atoms with van der Waals surface area (Å²) >= 11 is 6.21. The van der Waals surface area contributed by atoms with Crippen LogP contribution in [0.1, 0.15) is 6.92 Å². The Labute approximate surface area is 69.9 Å². The molecule has 1 heterocycles. The minimum Gasteiger partial charge on any atom is -0.163 e. The van der Waals surface area contributed by atoms with Crippen molar-refractivity contribution in [2.24, 2.45) is 0 Å². The van der Waals surface area contributed by atoms with Gasteiger partial charge in [-0.25, -0.2) is 0 Å². The van der Waals surface area contributed by atoms with Crippen LogP contribution in [0.25, 0.3) is 0 Å². The summed E-state index contributed by atoms with van der Waals surface area (Å²) < 4.78 is 0.884. The maximum absolute atomic E-state index is 2.32. The van der Waals surface area contributed by atoms with Gasteiger partial charge in [0.15, 0.2) is 0 Å². The van der Waals surface area contributed by atoms with Crippen LogP contribution < -0.4 is 0 Å². The van der Waals surface area contributed by atoms with Gasteiger partial charge in [-0.2, -0.15) is 11.8 Å². The van der Waals surface area contributed by atoms with Gasteiger partial charge < -0.3 is 0 Å². The molecule has 0 spiro atoms. The minimum atomic E-state index is 0.884. The molecule has 9 heavy (non-hydrogen) atoms. The highest BCUT2D eigenvalue weighted by atomic mass is 32.2. The van der Waals surface area contributed by atoms with Gasteiger partial charge >= 0.3 is 0 Å². The maximum atomic E-state index is 2.32. The van der Waals surface area contributed by atoms with Crippen LogP contribution in [0.4, 0.5) is 0 Å². The lowest BCUT2D eigenvalue weighted by Gasteiger charge is -2.03. The molecule has 54 valence electrons. The Kier molecular flexibility index (Phi) is 3.66. The Hall–Kier alpha value is 1.05. The van der Waals surface area contributed by atoms with Crippen molar-refractivity contribution < 1.29 is 0 Å². The molecule has 0 aromatic rings. The van der Waals surface area contributed by atoms with Crippen molar-refractivity contribution in [3.05, 3.63) is 0 Å². The topological polar surface area (TPSA) is 0 Å². The van der Waals surface area contributed by atoms with Crippen molar-refractivity contribution in [3.8, 4) is 0 Å². The van der Waals surface area contributed by atoms with Gasteiger partial charge in [-0.05, 0) is 6.26 Å². The van der Waals surface area contributed by atoms with Gasteiger partial charge in [0.25, 0.3) is 0 Å².